The van der Waals surface area contributed by atoms with Crippen LogP contribution in [0.4, 0.5) is 18.9 Å². The number of nitrogen functional groups attached to an aromatic ring is 1. The first-order chi connectivity index (χ1) is 8.78. The van der Waals surface area contributed by atoms with Gasteiger partial charge in [0.15, 0.2) is 0 Å². The number of rotatable bonds is 2. The summed E-state index contributed by atoms with van der Waals surface area (Å²) < 4.78 is 36.7. The van der Waals surface area contributed by atoms with Gasteiger partial charge in [-0.3, -0.25) is 4.79 Å². The molecule has 1 amide bonds. The third-order valence-electron chi connectivity index (χ3n) is 2.35. The number of hydrogen-bond donors (Lipinski definition) is 2. The SMILES string of the molecule is Nc1c(C(=O)NCC(F)(F)F)sc2cc(Cl)ccc12. The minimum absolute atomic E-state index is 0.0570. The standard InChI is InChI=1S/C11H8ClF3N2OS/c12-5-1-2-6-7(3-5)19-9(8(6)16)10(18)17-4-11(13,14)15/h1-3H,4,16H2,(H,17,18). The minimum atomic E-state index is -4.45. The first-order valence-electron chi connectivity index (χ1n) is 5.10. The van der Waals surface area contributed by atoms with Crippen LogP contribution < -0.4 is 11.1 Å². The molecule has 0 unspecified atom stereocenters. The molecule has 1 aromatic heterocycles. The van der Waals surface area contributed by atoms with E-state index in [0.29, 0.717) is 15.1 Å². The molecule has 1 heterocycles. The van der Waals surface area contributed by atoms with Crippen molar-refractivity contribution in [3.63, 3.8) is 0 Å². The highest BCUT2D eigenvalue weighted by Gasteiger charge is 2.28. The van der Waals surface area contributed by atoms with E-state index >= 15 is 0 Å². The van der Waals surface area contributed by atoms with Gasteiger partial charge in [0.05, 0.1) is 5.69 Å². The summed E-state index contributed by atoms with van der Waals surface area (Å²) in [7, 11) is 0. The molecule has 19 heavy (non-hydrogen) atoms. The van der Waals surface area contributed by atoms with E-state index < -0.39 is 18.6 Å². The monoisotopic (exact) mass is 308 g/mol. The Hall–Kier alpha value is -1.47. The van der Waals surface area contributed by atoms with E-state index in [0.717, 1.165) is 11.3 Å². The number of carbonyl (C=O) groups excluding carboxylic acids is 1. The summed E-state index contributed by atoms with van der Waals surface area (Å²) in [6.07, 6.45) is -4.45. The van der Waals surface area contributed by atoms with Crippen LogP contribution in [0.15, 0.2) is 18.2 Å². The van der Waals surface area contributed by atoms with Crippen molar-refractivity contribution in [1.82, 2.24) is 5.32 Å². The molecule has 3 N–H and O–H groups in total. The van der Waals surface area contributed by atoms with E-state index in [1.54, 1.807) is 23.5 Å². The molecule has 0 aliphatic carbocycles. The molecule has 0 fully saturated rings. The van der Waals surface area contributed by atoms with E-state index in [2.05, 4.69) is 0 Å². The molecule has 0 aliphatic heterocycles. The highest BCUT2D eigenvalue weighted by atomic mass is 35.5. The minimum Gasteiger partial charge on any atom is -0.397 e. The van der Waals surface area contributed by atoms with Gasteiger partial charge >= 0.3 is 6.18 Å². The molecule has 2 rings (SSSR count). The molecular weight excluding hydrogens is 301 g/mol. The zero-order valence-corrected chi connectivity index (χ0v) is 10.9. The van der Waals surface area contributed by atoms with Crippen LogP contribution in [-0.4, -0.2) is 18.6 Å². The van der Waals surface area contributed by atoms with Crippen molar-refractivity contribution in [3.8, 4) is 0 Å². The molecule has 0 aliphatic rings. The number of alkyl halides is 3. The van der Waals surface area contributed by atoms with E-state index in [-0.39, 0.29) is 10.6 Å². The number of carbonyl (C=O) groups is 1. The molecule has 3 nitrogen and oxygen atoms in total. The molecule has 0 atom stereocenters. The second-order valence-electron chi connectivity index (χ2n) is 3.78. The second-order valence-corrected chi connectivity index (χ2v) is 5.27. The first kappa shape index (κ1) is 14.0. The van der Waals surface area contributed by atoms with Crippen LogP contribution >= 0.6 is 22.9 Å². The number of thiophene rings is 1. The molecule has 0 saturated carbocycles. The summed E-state index contributed by atoms with van der Waals surface area (Å²) >= 11 is 6.81. The molecule has 2 aromatic rings. The third-order valence-corrected chi connectivity index (χ3v) is 3.75. The molecular formula is C11H8ClF3N2OS. The Morgan fingerprint density at radius 1 is 1.42 bits per heavy atom. The third kappa shape index (κ3) is 3.10. The van der Waals surface area contributed by atoms with Crippen molar-refractivity contribution in [2.24, 2.45) is 0 Å². The van der Waals surface area contributed by atoms with Crippen molar-refractivity contribution in [1.29, 1.82) is 0 Å². The van der Waals surface area contributed by atoms with Crippen molar-refractivity contribution in [3.05, 3.63) is 28.1 Å². The summed E-state index contributed by atoms with van der Waals surface area (Å²) in [6, 6.07) is 4.84. The van der Waals surface area contributed by atoms with Gasteiger partial charge in [0, 0.05) is 15.1 Å². The van der Waals surface area contributed by atoms with Crippen LogP contribution in [0, 0.1) is 0 Å². The van der Waals surface area contributed by atoms with Crippen LogP contribution in [0.2, 0.25) is 5.02 Å². The molecule has 0 spiro atoms. The quantitative estimate of drug-likeness (QED) is 0.893. The van der Waals surface area contributed by atoms with Crippen LogP contribution in [0.25, 0.3) is 10.1 Å². The molecule has 102 valence electrons. The van der Waals surface area contributed by atoms with Gasteiger partial charge in [-0.05, 0) is 18.2 Å². The highest BCUT2D eigenvalue weighted by Crippen LogP contribution is 2.35. The fourth-order valence-electron chi connectivity index (χ4n) is 1.52. The van der Waals surface area contributed by atoms with E-state index in [1.807, 2.05) is 0 Å². The lowest BCUT2D eigenvalue weighted by Crippen LogP contribution is -2.33. The normalized spacial score (nSPS) is 11.8. The van der Waals surface area contributed by atoms with E-state index in [1.165, 1.54) is 0 Å². The number of benzene rings is 1. The van der Waals surface area contributed by atoms with Crippen molar-refractivity contribution in [2.45, 2.75) is 6.18 Å². The van der Waals surface area contributed by atoms with Crippen molar-refractivity contribution < 1.29 is 18.0 Å². The van der Waals surface area contributed by atoms with Crippen molar-refractivity contribution >= 4 is 44.6 Å². The van der Waals surface area contributed by atoms with Crippen LogP contribution in [-0.2, 0) is 0 Å². The Bertz CT molecular complexity index is 639. The summed E-state index contributed by atoms with van der Waals surface area (Å²) in [5.41, 5.74) is 5.92. The first-order valence-corrected chi connectivity index (χ1v) is 6.30. The molecule has 0 radical (unpaired) electrons. The van der Waals surface area contributed by atoms with Gasteiger partial charge < -0.3 is 11.1 Å². The largest absolute Gasteiger partial charge is 0.405 e. The van der Waals surface area contributed by atoms with E-state index in [4.69, 9.17) is 17.3 Å². The number of fused-ring (bicyclic) bond motifs is 1. The molecule has 1 aromatic carbocycles. The smallest absolute Gasteiger partial charge is 0.397 e. The number of halogens is 4. The van der Waals surface area contributed by atoms with E-state index in [9.17, 15) is 18.0 Å². The number of nitrogens with one attached hydrogen (secondary N) is 1. The summed E-state index contributed by atoms with van der Waals surface area (Å²) in [5.74, 6) is -0.841. The van der Waals surface area contributed by atoms with Crippen LogP contribution in [0.5, 0.6) is 0 Å². The molecule has 0 saturated heterocycles. The predicted molar refractivity (Wildman–Crippen MR) is 69.6 cm³/mol. The maximum Gasteiger partial charge on any atom is 0.405 e. The maximum atomic E-state index is 12.0. The Kier molecular flexibility index (Phi) is 3.60. The van der Waals surface area contributed by atoms with Crippen LogP contribution in [0.3, 0.4) is 0 Å². The Morgan fingerprint density at radius 2 is 2.11 bits per heavy atom. The van der Waals surface area contributed by atoms with Gasteiger partial charge in [0.2, 0.25) is 0 Å². The topological polar surface area (TPSA) is 55.1 Å². The van der Waals surface area contributed by atoms with Gasteiger partial charge in [-0.15, -0.1) is 11.3 Å². The number of anilines is 1. The van der Waals surface area contributed by atoms with Gasteiger partial charge in [-0.25, -0.2) is 0 Å². The summed E-state index contributed by atoms with van der Waals surface area (Å²) in [4.78, 5) is 11.7. The second kappa shape index (κ2) is 4.90. The van der Waals surface area contributed by atoms with Gasteiger partial charge in [0.25, 0.3) is 5.91 Å². The number of hydrogen-bond acceptors (Lipinski definition) is 3. The van der Waals surface area contributed by atoms with Gasteiger partial charge in [-0.1, -0.05) is 11.6 Å². The van der Waals surface area contributed by atoms with Gasteiger partial charge in [-0.2, -0.15) is 13.2 Å². The lowest BCUT2D eigenvalue weighted by Gasteiger charge is -2.07. The molecule has 8 heteroatoms. The fraction of sp³-hybridized carbons (Fsp3) is 0.182. The lowest BCUT2D eigenvalue weighted by atomic mass is 10.2. The Morgan fingerprint density at radius 3 is 2.74 bits per heavy atom. The number of amides is 1. The lowest BCUT2D eigenvalue weighted by molar-refractivity contribution is -0.123. The Balaban J connectivity index is 2.30. The van der Waals surface area contributed by atoms with Crippen LogP contribution in [0.1, 0.15) is 9.67 Å². The highest BCUT2D eigenvalue weighted by molar-refractivity contribution is 7.21. The fourth-order valence-corrected chi connectivity index (χ4v) is 2.84. The van der Waals surface area contributed by atoms with Crippen molar-refractivity contribution in [2.75, 3.05) is 12.3 Å². The maximum absolute atomic E-state index is 12.0. The number of nitrogens with two attached hydrogens (primary N) is 1. The summed E-state index contributed by atoms with van der Waals surface area (Å²) in [5, 5.41) is 2.86. The average molecular weight is 309 g/mol. The predicted octanol–water partition coefficient (Wildman–Crippen LogP) is 3.43. The average Bonchev–Trinajstić information content (AvgIpc) is 2.62. The zero-order valence-electron chi connectivity index (χ0n) is 9.34. The molecule has 0 bridgehead atoms. The Labute approximate surface area is 115 Å². The van der Waals surface area contributed by atoms with Gasteiger partial charge in [0.1, 0.15) is 11.4 Å². The zero-order chi connectivity index (χ0) is 14.2. The summed E-state index contributed by atoms with van der Waals surface area (Å²) in [6.45, 7) is -1.39.